The molecular formula is C16H19BN2O7. The Morgan fingerprint density at radius 1 is 1.08 bits per heavy atom. The fourth-order valence-electron chi connectivity index (χ4n) is 2.31. The SMILES string of the molecule is O=C(CCCCNC(=O)c1ccc(B(O)O)cc1)ON1C(=O)CCC1=O. The number of hydrogen-bond donors (Lipinski definition) is 3. The van der Waals surface area contributed by atoms with E-state index < -0.39 is 24.9 Å². The Kier molecular flexibility index (Phi) is 6.87. The second-order valence-corrected chi connectivity index (χ2v) is 5.75. The van der Waals surface area contributed by atoms with Crippen LogP contribution in [0.2, 0.25) is 0 Å². The van der Waals surface area contributed by atoms with Crippen LogP contribution in [0.5, 0.6) is 0 Å². The van der Waals surface area contributed by atoms with Gasteiger partial charge in [-0.25, -0.2) is 4.79 Å². The van der Waals surface area contributed by atoms with E-state index in [0.29, 0.717) is 30.0 Å². The van der Waals surface area contributed by atoms with Gasteiger partial charge in [0, 0.05) is 31.4 Å². The molecule has 1 aliphatic rings. The Morgan fingerprint density at radius 2 is 1.69 bits per heavy atom. The maximum atomic E-state index is 11.9. The second kappa shape index (κ2) is 9.11. The lowest BCUT2D eigenvalue weighted by Crippen LogP contribution is -2.32. The van der Waals surface area contributed by atoms with Crippen molar-refractivity contribution in [2.24, 2.45) is 0 Å². The van der Waals surface area contributed by atoms with Gasteiger partial charge in [0.2, 0.25) is 0 Å². The van der Waals surface area contributed by atoms with Crippen LogP contribution >= 0.6 is 0 Å². The quantitative estimate of drug-likeness (QED) is 0.303. The van der Waals surface area contributed by atoms with E-state index in [1.54, 1.807) is 0 Å². The largest absolute Gasteiger partial charge is 0.488 e. The second-order valence-electron chi connectivity index (χ2n) is 5.75. The number of nitrogens with zero attached hydrogens (tertiary/aromatic N) is 1. The molecule has 0 bridgehead atoms. The van der Waals surface area contributed by atoms with Crippen LogP contribution in [-0.4, -0.2) is 52.5 Å². The molecule has 1 saturated heterocycles. The van der Waals surface area contributed by atoms with E-state index in [1.165, 1.54) is 24.3 Å². The zero-order valence-electron chi connectivity index (χ0n) is 14.0. The Labute approximate surface area is 150 Å². The normalized spacial score (nSPS) is 13.7. The smallest absolute Gasteiger partial charge is 0.423 e. The van der Waals surface area contributed by atoms with Crippen LogP contribution in [0.4, 0.5) is 0 Å². The molecule has 0 atom stereocenters. The van der Waals surface area contributed by atoms with Crippen molar-refractivity contribution in [2.75, 3.05) is 6.54 Å². The molecule has 10 heteroatoms. The van der Waals surface area contributed by atoms with E-state index in [9.17, 15) is 19.2 Å². The highest BCUT2D eigenvalue weighted by molar-refractivity contribution is 6.58. The van der Waals surface area contributed by atoms with Gasteiger partial charge in [-0.3, -0.25) is 14.4 Å². The van der Waals surface area contributed by atoms with Crippen LogP contribution in [-0.2, 0) is 19.2 Å². The average Bonchev–Trinajstić information content (AvgIpc) is 2.93. The van der Waals surface area contributed by atoms with Crippen molar-refractivity contribution in [1.82, 2.24) is 10.4 Å². The predicted octanol–water partition coefficient (Wildman–Crippen LogP) is -1.13. The van der Waals surface area contributed by atoms with Gasteiger partial charge in [0.1, 0.15) is 0 Å². The van der Waals surface area contributed by atoms with E-state index >= 15 is 0 Å². The molecule has 0 aliphatic carbocycles. The van der Waals surface area contributed by atoms with Gasteiger partial charge in [0.05, 0.1) is 0 Å². The lowest BCUT2D eigenvalue weighted by molar-refractivity contribution is -0.197. The van der Waals surface area contributed by atoms with Crippen LogP contribution in [0.1, 0.15) is 42.5 Å². The molecule has 0 spiro atoms. The summed E-state index contributed by atoms with van der Waals surface area (Å²) in [6.07, 6.45) is 1.06. The standard InChI is InChI=1S/C16H19BN2O7/c20-13-8-9-14(21)19(13)26-15(22)3-1-2-10-18-16(23)11-4-6-12(7-5-11)17(24)25/h4-7,24-25H,1-3,8-10H2,(H,18,23). The summed E-state index contributed by atoms with van der Waals surface area (Å²) in [5.41, 5.74) is 0.662. The number of rotatable bonds is 8. The zero-order chi connectivity index (χ0) is 19.1. The summed E-state index contributed by atoms with van der Waals surface area (Å²) in [5.74, 6) is -2.02. The van der Waals surface area contributed by atoms with Crippen molar-refractivity contribution in [1.29, 1.82) is 0 Å². The summed E-state index contributed by atoms with van der Waals surface area (Å²) >= 11 is 0. The lowest BCUT2D eigenvalue weighted by atomic mass is 9.80. The number of benzene rings is 1. The van der Waals surface area contributed by atoms with Crippen LogP contribution in [0.25, 0.3) is 0 Å². The molecule has 1 aliphatic heterocycles. The van der Waals surface area contributed by atoms with E-state index in [1.807, 2.05) is 0 Å². The van der Waals surface area contributed by atoms with Gasteiger partial charge < -0.3 is 20.2 Å². The Hall–Kier alpha value is -2.72. The summed E-state index contributed by atoms with van der Waals surface area (Å²) in [6.45, 7) is 0.331. The first kappa shape index (κ1) is 19.6. The summed E-state index contributed by atoms with van der Waals surface area (Å²) < 4.78 is 0. The van der Waals surface area contributed by atoms with Gasteiger partial charge >= 0.3 is 13.1 Å². The molecule has 1 aromatic carbocycles. The highest BCUT2D eigenvalue weighted by Gasteiger charge is 2.32. The molecule has 138 valence electrons. The maximum absolute atomic E-state index is 11.9. The van der Waals surface area contributed by atoms with Gasteiger partial charge in [-0.15, -0.1) is 5.06 Å². The molecule has 1 aromatic rings. The Balaban J connectivity index is 1.64. The van der Waals surface area contributed by atoms with Crippen molar-refractivity contribution in [2.45, 2.75) is 32.1 Å². The first-order valence-electron chi connectivity index (χ1n) is 8.19. The molecule has 0 aromatic heterocycles. The molecule has 1 heterocycles. The minimum Gasteiger partial charge on any atom is -0.423 e. The molecule has 2 rings (SSSR count). The third-order valence-corrected chi connectivity index (χ3v) is 3.76. The summed E-state index contributed by atoms with van der Waals surface area (Å²) in [6, 6.07) is 5.84. The van der Waals surface area contributed by atoms with E-state index in [-0.39, 0.29) is 30.6 Å². The number of hydroxylamine groups is 2. The maximum Gasteiger partial charge on any atom is 0.488 e. The topological polar surface area (TPSA) is 133 Å². The van der Waals surface area contributed by atoms with E-state index in [4.69, 9.17) is 14.9 Å². The highest BCUT2D eigenvalue weighted by Crippen LogP contribution is 2.13. The fraction of sp³-hybridized carbons (Fsp3) is 0.375. The monoisotopic (exact) mass is 362 g/mol. The van der Waals surface area contributed by atoms with Crippen LogP contribution in [0, 0.1) is 0 Å². The number of amides is 3. The molecule has 0 radical (unpaired) electrons. The number of carbonyl (C=O) groups is 4. The van der Waals surface area contributed by atoms with Crippen molar-refractivity contribution >= 4 is 36.3 Å². The van der Waals surface area contributed by atoms with Gasteiger partial charge in [-0.2, -0.15) is 0 Å². The Bertz CT molecular complexity index is 674. The number of carbonyl (C=O) groups excluding carboxylic acids is 4. The summed E-state index contributed by atoms with van der Waals surface area (Å²) in [5, 5.41) is 21.2. The molecule has 9 nitrogen and oxygen atoms in total. The van der Waals surface area contributed by atoms with Crippen LogP contribution < -0.4 is 10.8 Å². The predicted molar refractivity (Wildman–Crippen MR) is 89.6 cm³/mol. The number of unbranched alkanes of at least 4 members (excludes halogenated alkanes) is 1. The third-order valence-electron chi connectivity index (χ3n) is 3.76. The summed E-state index contributed by atoms with van der Waals surface area (Å²) in [4.78, 5) is 50.9. The Morgan fingerprint density at radius 3 is 2.27 bits per heavy atom. The van der Waals surface area contributed by atoms with Gasteiger partial charge in [0.25, 0.3) is 17.7 Å². The van der Waals surface area contributed by atoms with Gasteiger partial charge in [-0.1, -0.05) is 12.1 Å². The van der Waals surface area contributed by atoms with Crippen molar-refractivity contribution < 1.29 is 34.1 Å². The fourth-order valence-corrected chi connectivity index (χ4v) is 2.31. The average molecular weight is 362 g/mol. The van der Waals surface area contributed by atoms with Crippen molar-refractivity contribution in [3.63, 3.8) is 0 Å². The first-order chi connectivity index (χ1) is 12.4. The molecule has 3 N–H and O–H groups in total. The third kappa shape index (κ3) is 5.40. The molecule has 0 unspecified atom stereocenters. The van der Waals surface area contributed by atoms with Gasteiger partial charge in [-0.05, 0) is 30.4 Å². The van der Waals surface area contributed by atoms with E-state index in [0.717, 1.165) is 0 Å². The first-order valence-corrected chi connectivity index (χ1v) is 8.19. The number of nitrogens with one attached hydrogen (secondary N) is 1. The van der Waals surface area contributed by atoms with Crippen LogP contribution in [0.3, 0.4) is 0 Å². The van der Waals surface area contributed by atoms with E-state index in [2.05, 4.69) is 5.32 Å². The molecule has 26 heavy (non-hydrogen) atoms. The van der Waals surface area contributed by atoms with Crippen molar-refractivity contribution in [3.05, 3.63) is 29.8 Å². The van der Waals surface area contributed by atoms with Crippen molar-refractivity contribution in [3.8, 4) is 0 Å². The molecule has 1 fully saturated rings. The minimum atomic E-state index is -1.59. The zero-order valence-corrected chi connectivity index (χ0v) is 14.0. The van der Waals surface area contributed by atoms with Crippen LogP contribution in [0.15, 0.2) is 24.3 Å². The molecular weight excluding hydrogens is 343 g/mol. The molecule has 3 amide bonds. The molecule has 0 saturated carbocycles. The minimum absolute atomic E-state index is 0.0238. The van der Waals surface area contributed by atoms with Gasteiger partial charge in [0.15, 0.2) is 0 Å². The lowest BCUT2D eigenvalue weighted by Gasteiger charge is -2.12. The number of imide groups is 1. The highest BCUT2D eigenvalue weighted by atomic mass is 16.7. The number of hydrogen-bond acceptors (Lipinski definition) is 7. The summed E-state index contributed by atoms with van der Waals surface area (Å²) in [7, 11) is -1.59.